The van der Waals surface area contributed by atoms with Crippen LogP contribution in [0.25, 0.3) is 0 Å². The van der Waals surface area contributed by atoms with Crippen LogP contribution in [0.5, 0.6) is 0 Å². The Hall–Kier alpha value is -1.03. The van der Waals surface area contributed by atoms with E-state index in [9.17, 15) is 0 Å². The molecule has 3 unspecified atom stereocenters. The lowest BCUT2D eigenvalue weighted by Crippen LogP contribution is -2.21. The zero-order valence-corrected chi connectivity index (χ0v) is 11.4. The van der Waals surface area contributed by atoms with Gasteiger partial charge in [-0.1, -0.05) is 6.42 Å². The Balaban J connectivity index is 1.66. The van der Waals surface area contributed by atoms with Crippen LogP contribution < -0.4 is 11.1 Å². The predicted octanol–water partition coefficient (Wildman–Crippen LogP) is 2.87. The summed E-state index contributed by atoms with van der Waals surface area (Å²) in [7, 11) is 0. The molecule has 0 radical (unpaired) electrons. The van der Waals surface area contributed by atoms with Gasteiger partial charge in [0, 0.05) is 6.54 Å². The van der Waals surface area contributed by atoms with Gasteiger partial charge in [0.15, 0.2) is 5.82 Å². The maximum Gasteiger partial charge on any atom is 0.224 e. The Labute approximate surface area is 112 Å². The van der Waals surface area contributed by atoms with E-state index in [0.717, 1.165) is 30.0 Å². The smallest absolute Gasteiger partial charge is 0.224 e. The average molecular weight is 267 g/mol. The molecule has 3 rings (SSSR count). The molecule has 0 saturated heterocycles. The van der Waals surface area contributed by atoms with Crippen molar-refractivity contribution in [2.45, 2.75) is 32.6 Å². The first-order valence-corrected chi connectivity index (χ1v) is 7.04. The molecule has 0 aromatic carbocycles. The monoisotopic (exact) mass is 266 g/mol. The lowest BCUT2D eigenvalue weighted by Gasteiger charge is -2.22. The van der Waals surface area contributed by atoms with Crippen molar-refractivity contribution < 1.29 is 0 Å². The highest BCUT2D eigenvalue weighted by atomic mass is 35.5. The van der Waals surface area contributed by atoms with Gasteiger partial charge in [0.25, 0.3) is 0 Å². The molecule has 3 atom stereocenters. The molecule has 2 fully saturated rings. The molecule has 4 nitrogen and oxygen atoms in total. The van der Waals surface area contributed by atoms with Crippen molar-refractivity contribution in [3.05, 3.63) is 11.0 Å². The van der Waals surface area contributed by atoms with Gasteiger partial charge in [-0.25, -0.2) is 4.98 Å². The van der Waals surface area contributed by atoms with E-state index in [1.54, 1.807) is 0 Å². The van der Waals surface area contributed by atoms with Crippen molar-refractivity contribution in [3.8, 4) is 0 Å². The van der Waals surface area contributed by atoms with Crippen LogP contribution in [0.4, 0.5) is 11.5 Å². The summed E-state index contributed by atoms with van der Waals surface area (Å²) >= 11 is 5.86. The van der Waals surface area contributed by atoms with Crippen LogP contribution in [-0.2, 0) is 0 Å². The maximum atomic E-state index is 5.97. The Morgan fingerprint density at radius 1 is 1.33 bits per heavy atom. The minimum atomic E-state index is 0.261. The number of rotatable bonds is 3. The number of aryl methyl sites for hydroxylation is 1. The molecule has 1 heterocycles. The topological polar surface area (TPSA) is 63.8 Å². The van der Waals surface area contributed by atoms with Gasteiger partial charge >= 0.3 is 0 Å². The molecule has 2 aliphatic carbocycles. The van der Waals surface area contributed by atoms with Gasteiger partial charge in [-0.05, 0) is 55.5 Å². The van der Waals surface area contributed by atoms with Crippen molar-refractivity contribution >= 4 is 23.1 Å². The molecule has 5 heteroatoms. The largest absolute Gasteiger partial charge is 0.394 e. The summed E-state index contributed by atoms with van der Waals surface area (Å²) in [5, 5.41) is 3.62. The van der Waals surface area contributed by atoms with Crippen molar-refractivity contribution in [3.63, 3.8) is 0 Å². The highest BCUT2D eigenvalue weighted by Crippen LogP contribution is 2.48. The first-order valence-electron chi connectivity index (χ1n) is 6.67. The lowest BCUT2D eigenvalue weighted by atomic mass is 9.89. The van der Waals surface area contributed by atoms with E-state index in [2.05, 4.69) is 15.3 Å². The molecule has 3 N–H and O–H groups in total. The fraction of sp³-hybridized carbons (Fsp3) is 0.692. The normalized spacial score (nSPS) is 29.8. The summed E-state index contributed by atoms with van der Waals surface area (Å²) in [6.45, 7) is 2.81. The molecule has 18 heavy (non-hydrogen) atoms. The zero-order valence-electron chi connectivity index (χ0n) is 10.6. The van der Waals surface area contributed by atoms with Gasteiger partial charge in [-0.2, -0.15) is 4.98 Å². The minimum Gasteiger partial charge on any atom is -0.394 e. The average Bonchev–Trinajstić information content (AvgIpc) is 2.93. The summed E-state index contributed by atoms with van der Waals surface area (Å²) < 4.78 is 0. The van der Waals surface area contributed by atoms with Crippen molar-refractivity contribution in [1.29, 1.82) is 0 Å². The first-order chi connectivity index (χ1) is 8.63. The number of hydrogen-bond donors (Lipinski definition) is 2. The molecule has 2 saturated carbocycles. The number of nitrogens with one attached hydrogen (secondary N) is 1. The van der Waals surface area contributed by atoms with E-state index in [-0.39, 0.29) is 5.28 Å². The molecule has 0 spiro atoms. The van der Waals surface area contributed by atoms with Gasteiger partial charge < -0.3 is 11.1 Å². The third-order valence-corrected chi connectivity index (χ3v) is 4.69. The Bertz CT molecular complexity index is 463. The van der Waals surface area contributed by atoms with Crippen molar-refractivity contribution in [2.24, 2.45) is 17.8 Å². The third kappa shape index (κ3) is 2.14. The standard InChI is InChI=1S/C13H19ClN4/c1-7-11(15)12(18-13(14)17-7)16-6-10-5-8-2-3-9(10)4-8/h8-10H,2-6,15H2,1H3,(H,16,17,18). The predicted molar refractivity (Wildman–Crippen MR) is 73.6 cm³/mol. The molecule has 0 aliphatic heterocycles. The molecule has 2 aliphatic rings. The SMILES string of the molecule is Cc1nc(Cl)nc(NCC2CC3CCC2C3)c1N. The second-order valence-corrected chi connectivity index (χ2v) is 5.99. The summed E-state index contributed by atoms with van der Waals surface area (Å²) in [4.78, 5) is 8.22. The Morgan fingerprint density at radius 2 is 2.17 bits per heavy atom. The Kier molecular flexibility index (Phi) is 3.06. The number of nitrogen functional groups attached to an aromatic ring is 1. The van der Waals surface area contributed by atoms with E-state index in [1.807, 2.05) is 6.92 Å². The number of aromatic nitrogens is 2. The highest BCUT2D eigenvalue weighted by molar-refractivity contribution is 6.28. The van der Waals surface area contributed by atoms with Gasteiger partial charge in [-0.15, -0.1) is 0 Å². The number of anilines is 2. The van der Waals surface area contributed by atoms with Crippen molar-refractivity contribution in [2.75, 3.05) is 17.6 Å². The van der Waals surface area contributed by atoms with Crippen LogP contribution in [-0.4, -0.2) is 16.5 Å². The van der Waals surface area contributed by atoms with E-state index < -0.39 is 0 Å². The van der Waals surface area contributed by atoms with Crippen LogP contribution in [0.3, 0.4) is 0 Å². The van der Waals surface area contributed by atoms with Crippen LogP contribution in [0, 0.1) is 24.7 Å². The quantitative estimate of drug-likeness (QED) is 0.826. The summed E-state index contributed by atoms with van der Waals surface area (Å²) in [6.07, 6.45) is 5.61. The number of nitrogens with zero attached hydrogens (tertiary/aromatic N) is 2. The van der Waals surface area contributed by atoms with Crippen molar-refractivity contribution in [1.82, 2.24) is 9.97 Å². The van der Waals surface area contributed by atoms with Gasteiger partial charge in [0.2, 0.25) is 5.28 Å². The molecule has 1 aromatic heterocycles. The Morgan fingerprint density at radius 3 is 2.83 bits per heavy atom. The molecule has 0 amide bonds. The molecule has 2 bridgehead atoms. The number of fused-ring (bicyclic) bond motifs is 2. The molecular formula is C13H19ClN4. The second-order valence-electron chi connectivity index (χ2n) is 5.66. The molecule has 1 aromatic rings. The number of halogens is 1. The highest BCUT2D eigenvalue weighted by Gasteiger charge is 2.39. The summed E-state index contributed by atoms with van der Waals surface area (Å²) in [5.74, 6) is 3.34. The number of nitrogens with two attached hydrogens (primary N) is 1. The van der Waals surface area contributed by atoms with Gasteiger partial charge in [-0.3, -0.25) is 0 Å². The summed E-state index contributed by atoms with van der Waals surface area (Å²) in [5.41, 5.74) is 7.32. The third-order valence-electron chi connectivity index (χ3n) is 4.53. The summed E-state index contributed by atoms with van der Waals surface area (Å²) in [6, 6.07) is 0. The van der Waals surface area contributed by atoms with Crippen LogP contribution in [0.1, 0.15) is 31.4 Å². The fourth-order valence-electron chi connectivity index (χ4n) is 3.54. The van der Waals surface area contributed by atoms with E-state index in [1.165, 1.54) is 25.7 Å². The van der Waals surface area contributed by atoms with E-state index >= 15 is 0 Å². The van der Waals surface area contributed by atoms with Gasteiger partial charge in [0.1, 0.15) is 0 Å². The van der Waals surface area contributed by atoms with Crippen LogP contribution >= 0.6 is 11.6 Å². The first kappa shape index (κ1) is 12.0. The van der Waals surface area contributed by atoms with Crippen LogP contribution in [0.2, 0.25) is 5.28 Å². The second kappa shape index (κ2) is 4.57. The van der Waals surface area contributed by atoms with E-state index in [0.29, 0.717) is 11.5 Å². The minimum absolute atomic E-state index is 0.261. The molecule has 98 valence electrons. The lowest BCUT2D eigenvalue weighted by molar-refractivity contribution is 0.348. The molecular weight excluding hydrogens is 248 g/mol. The number of hydrogen-bond acceptors (Lipinski definition) is 4. The fourth-order valence-corrected chi connectivity index (χ4v) is 3.75. The van der Waals surface area contributed by atoms with Gasteiger partial charge in [0.05, 0.1) is 11.4 Å². The maximum absolute atomic E-state index is 5.97. The van der Waals surface area contributed by atoms with E-state index in [4.69, 9.17) is 17.3 Å². The zero-order chi connectivity index (χ0) is 12.7. The van der Waals surface area contributed by atoms with Crippen LogP contribution in [0.15, 0.2) is 0 Å².